The molecule has 1 heterocycles. The fourth-order valence-corrected chi connectivity index (χ4v) is 7.93. The normalized spacial score (nSPS) is 16.7. The number of hydrogen-bond acceptors (Lipinski definition) is 5. The zero-order valence-electron chi connectivity index (χ0n) is 7.80. The molecule has 1 unspecified atom stereocenters. The van der Waals surface area contributed by atoms with Crippen LogP contribution < -0.4 is 0 Å². The van der Waals surface area contributed by atoms with E-state index in [1.165, 1.54) is 6.33 Å². The van der Waals surface area contributed by atoms with Gasteiger partial charge in [-0.2, -0.15) is 0 Å². The Kier molecular flexibility index (Phi) is 4.51. The molecule has 0 aliphatic rings. The highest BCUT2D eigenvalue weighted by molar-refractivity contribution is 9.35. The Morgan fingerprint density at radius 3 is 2.86 bits per heavy atom. The SMILES string of the molecule is C#Cc1cc(S(C)(S)SSC)ncn1. The molecule has 0 fully saturated rings. The zero-order chi connectivity index (χ0) is 10.6. The van der Waals surface area contributed by atoms with Gasteiger partial charge in [-0.25, -0.2) is 9.97 Å². The van der Waals surface area contributed by atoms with Crippen LogP contribution in [0.1, 0.15) is 5.69 Å². The van der Waals surface area contributed by atoms with Crippen LogP contribution >= 0.6 is 40.4 Å². The van der Waals surface area contributed by atoms with E-state index < -0.39 is 8.09 Å². The number of thiol groups is 1. The second-order valence-electron chi connectivity index (χ2n) is 2.42. The third kappa shape index (κ3) is 3.02. The molecule has 0 spiro atoms. The smallest absolute Gasteiger partial charge is 0.118 e. The Balaban J connectivity index is 3.01. The number of rotatable bonds is 3. The molecule has 1 rings (SSSR count). The third-order valence-electron chi connectivity index (χ3n) is 1.38. The van der Waals surface area contributed by atoms with Crippen LogP contribution in [0, 0.1) is 12.3 Å². The van der Waals surface area contributed by atoms with Crippen molar-refractivity contribution in [2.45, 2.75) is 5.03 Å². The van der Waals surface area contributed by atoms with Gasteiger partial charge in [-0.3, -0.25) is 0 Å². The predicted octanol–water partition coefficient (Wildman–Crippen LogP) is 3.02. The van der Waals surface area contributed by atoms with E-state index in [1.54, 1.807) is 20.6 Å². The van der Waals surface area contributed by atoms with Gasteiger partial charge < -0.3 is 0 Å². The lowest BCUT2D eigenvalue weighted by atomic mass is 10.4. The lowest BCUT2D eigenvalue weighted by molar-refractivity contribution is 1.03. The molecule has 1 aromatic heterocycles. The maximum Gasteiger partial charge on any atom is 0.118 e. The van der Waals surface area contributed by atoms with Gasteiger partial charge in [0, 0.05) is 6.07 Å². The Morgan fingerprint density at radius 2 is 2.29 bits per heavy atom. The molecule has 0 aliphatic carbocycles. The molecule has 0 aliphatic heterocycles. The molecule has 0 bridgehead atoms. The average molecular weight is 262 g/mol. The first-order chi connectivity index (χ1) is 6.60. The van der Waals surface area contributed by atoms with Crippen molar-refractivity contribution in [3.05, 3.63) is 18.1 Å². The van der Waals surface area contributed by atoms with Crippen LogP contribution in [0.2, 0.25) is 0 Å². The molecule has 2 nitrogen and oxygen atoms in total. The van der Waals surface area contributed by atoms with Crippen LogP contribution in [0.25, 0.3) is 0 Å². The molecule has 1 aromatic rings. The van der Waals surface area contributed by atoms with E-state index in [2.05, 4.69) is 33.8 Å². The molecule has 0 aromatic carbocycles. The summed E-state index contributed by atoms with van der Waals surface area (Å²) in [6, 6.07) is 1.82. The summed E-state index contributed by atoms with van der Waals surface area (Å²) in [6.07, 6.45) is 10.9. The van der Waals surface area contributed by atoms with Crippen molar-refractivity contribution < 1.29 is 0 Å². The fourth-order valence-electron chi connectivity index (χ4n) is 0.793. The molecule has 0 radical (unpaired) electrons. The van der Waals surface area contributed by atoms with Gasteiger partial charge in [0.05, 0.1) is 0 Å². The summed E-state index contributed by atoms with van der Waals surface area (Å²) in [5.74, 6) is 2.49. The van der Waals surface area contributed by atoms with Crippen LogP contribution in [-0.4, -0.2) is 22.5 Å². The van der Waals surface area contributed by atoms with Gasteiger partial charge in [-0.1, -0.05) is 24.8 Å². The highest BCUT2D eigenvalue weighted by Gasteiger charge is 2.18. The summed E-state index contributed by atoms with van der Waals surface area (Å²) < 4.78 is 0. The summed E-state index contributed by atoms with van der Waals surface area (Å²) in [5.41, 5.74) is 0.615. The highest BCUT2D eigenvalue weighted by atomic mass is 33.7. The van der Waals surface area contributed by atoms with Crippen molar-refractivity contribution >= 4 is 40.4 Å². The summed E-state index contributed by atoms with van der Waals surface area (Å²) in [5, 5.41) is 0.920. The van der Waals surface area contributed by atoms with Crippen molar-refractivity contribution in [3.63, 3.8) is 0 Å². The molecule has 0 saturated heterocycles. The fraction of sp³-hybridized carbons (Fsp3) is 0.250. The van der Waals surface area contributed by atoms with Gasteiger partial charge in [-0.15, -0.1) is 18.1 Å². The molecule has 0 saturated carbocycles. The van der Waals surface area contributed by atoms with Crippen molar-refractivity contribution in [3.8, 4) is 12.3 Å². The van der Waals surface area contributed by atoms with E-state index >= 15 is 0 Å². The van der Waals surface area contributed by atoms with Crippen LogP contribution in [0.4, 0.5) is 0 Å². The van der Waals surface area contributed by atoms with Crippen LogP contribution in [-0.2, 0) is 0 Å². The summed E-state index contributed by atoms with van der Waals surface area (Å²) in [4.78, 5) is 8.15. The van der Waals surface area contributed by atoms with E-state index in [0.717, 1.165) is 5.03 Å². The molecule has 0 N–H and O–H groups in total. The largest absolute Gasteiger partial charge is 0.230 e. The van der Waals surface area contributed by atoms with Crippen molar-refractivity contribution in [2.75, 3.05) is 12.5 Å². The van der Waals surface area contributed by atoms with Gasteiger partial charge in [0.1, 0.15) is 17.0 Å². The summed E-state index contributed by atoms with van der Waals surface area (Å²) >= 11 is 4.61. The minimum atomic E-state index is -1.22. The topological polar surface area (TPSA) is 25.8 Å². The monoisotopic (exact) mass is 262 g/mol. The van der Waals surface area contributed by atoms with Crippen LogP contribution in [0.15, 0.2) is 17.4 Å². The van der Waals surface area contributed by atoms with Gasteiger partial charge in [0.15, 0.2) is 0 Å². The Labute approximate surface area is 98.0 Å². The molecule has 76 valence electrons. The third-order valence-corrected chi connectivity index (χ3v) is 10.3. The quantitative estimate of drug-likeness (QED) is 0.392. The van der Waals surface area contributed by atoms with Crippen molar-refractivity contribution in [1.29, 1.82) is 0 Å². The first-order valence-electron chi connectivity index (χ1n) is 3.62. The Bertz CT molecular complexity index is 359. The average Bonchev–Trinajstić information content (AvgIpc) is 2.18. The van der Waals surface area contributed by atoms with Crippen LogP contribution in [0.5, 0.6) is 0 Å². The number of aromatic nitrogens is 2. The van der Waals surface area contributed by atoms with Crippen molar-refractivity contribution in [2.24, 2.45) is 0 Å². The lowest BCUT2D eigenvalue weighted by Crippen LogP contribution is -1.92. The predicted molar refractivity (Wildman–Crippen MR) is 71.8 cm³/mol. The molecular formula is C8H10N2S4. The maximum atomic E-state index is 5.27. The maximum absolute atomic E-state index is 5.27. The Hall–Kier alpha value is 0.0400. The molecule has 1 atom stereocenters. The minimum Gasteiger partial charge on any atom is -0.230 e. The molecule has 14 heavy (non-hydrogen) atoms. The highest BCUT2D eigenvalue weighted by Crippen LogP contribution is 2.69. The molecule has 0 amide bonds. The number of nitrogens with zero attached hydrogens (tertiary/aromatic N) is 2. The van der Waals surface area contributed by atoms with E-state index in [4.69, 9.17) is 6.42 Å². The lowest BCUT2D eigenvalue weighted by Gasteiger charge is -2.25. The van der Waals surface area contributed by atoms with Gasteiger partial charge >= 0.3 is 0 Å². The van der Waals surface area contributed by atoms with Gasteiger partial charge in [0.25, 0.3) is 0 Å². The molecule has 6 heteroatoms. The number of hydrogen-bond donors (Lipinski definition) is 1. The second-order valence-corrected chi connectivity index (χ2v) is 12.5. The second kappa shape index (κ2) is 5.21. The number of terminal acetylenes is 1. The van der Waals surface area contributed by atoms with E-state index in [1.807, 2.05) is 12.3 Å². The zero-order valence-corrected chi connectivity index (χ0v) is 11.1. The van der Waals surface area contributed by atoms with Gasteiger partial charge in [-0.05, 0) is 22.3 Å². The summed E-state index contributed by atoms with van der Waals surface area (Å²) in [6.45, 7) is 0. The minimum absolute atomic E-state index is 0.615. The van der Waals surface area contributed by atoms with Gasteiger partial charge in [0.2, 0.25) is 0 Å². The Morgan fingerprint density at radius 1 is 1.57 bits per heavy atom. The van der Waals surface area contributed by atoms with E-state index in [0.29, 0.717) is 5.69 Å². The summed E-state index contributed by atoms with van der Waals surface area (Å²) in [7, 11) is 2.18. The first kappa shape index (κ1) is 12.1. The van der Waals surface area contributed by atoms with E-state index in [9.17, 15) is 0 Å². The van der Waals surface area contributed by atoms with E-state index in [-0.39, 0.29) is 0 Å². The van der Waals surface area contributed by atoms with Crippen molar-refractivity contribution in [1.82, 2.24) is 9.97 Å². The van der Waals surface area contributed by atoms with Crippen LogP contribution in [0.3, 0.4) is 0 Å². The molecular weight excluding hydrogens is 252 g/mol. The standard InChI is InChI=1S/C8H10N2S4/c1-4-7-5-8(10-6-9-7)14(3,11)13-12-2/h1,5-6,11H,2-3H3. The first-order valence-corrected chi connectivity index (χ1v) is 9.78.